The molecule has 0 bridgehead atoms. The zero-order chi connectivity index (χ0) is 25.8. The van der Waals surface area contributed by atoms with Gasteiger partial charge in [-0.05, 0) is 56.5 Å². The number of aromatic nitrogens is 1. The van der Waals surface area contributed by atoms with E-state index in [-0.39, 0.29) is 0 Å². The first-order valence-electron chi connectivity index (χ1n) is 12.0. The molecule has 3 aromatic rings. The van der Waals surface area contributed by atoms with Gasteiger partial charge in [0.25, 0.3) is 0 Å². The summed E-state index contributed by atoms with van der Waals surface area (Å²) in [5.41, 5.74) is 1.28. The summed E-state index contributed by atoms with van der Waals surface area (Å²) in [6, 6.07) is 19.1. The number of carboxylic acid groups (broad SMARTS) is 2. The number of benzene rings is 2. The highest BCUT2D eigenvalue weighted by Gasteiger charge is 2.18. The van der Waals surface area contributed by atoms with E-state index in [2.05, 4.69) is 40.8 Å². The second kappa shape index (κ2) is 14.2. The molecule has 0 amide bonds. The fourth-order valence-corrected chi connectivity index (χ4v) is 5.01. The Hall–Kier alpha value is -3.43. The van der Waals surface area contributed by atoms with Crippen LogP contribution in [0.3, 0.4) is 0 Å². The smallest absolute Gasteiger partial charge is 0.328 e. The molecule has 2 aromatic carbocycles. The second-order valence-corrected chi connectivity index (χ2v) is 9.50. The van der Waals surface area contributed by atoms with Crippen molar-refractivity contribution in [1.82, 2.24) is 9.47 Å². The first-order valence-corrected chi connectivity index (χ1v) is 12.9. The highest BCUT2D eigenvalue weighted by molar-refractivity contribution is 7.16. The second-order valence-electron chi connectivity index (χ2n) is 8.49. The summed E-state index contributed by atoms with van der Waals surface area (Å²) in [7, 11) is 2.13. The van der Waals surface area contributed by atoms with Crippen LogP contribution in [0.1, 0.15) is 25.7 Å². The molecule has 0 saturated carbocycles. The number of hydrogen-bond acceptors (Lipinski definition) is 6. The number of fused-ring (bicyclic) bond motifs is 1. The number of ether oxygens (including phenoxy) is 1. The van der Waals surface area contributed by atoms with E-state index in [1.54, 1.807) is 11.3 Å². The lowest BCUT2D eigenvalue weighted by Crippen LogP contribution is -2.36. The van der Waals surface area contributed by atoms with Gasteiger partial charge in [0.05, 0.1) is 22.9 Å². The van der Waals surface area contributed by atoms with Gasteiger partial charge in [-0.1, -0.05) is 41.7 Å². The van der Waals surface area contributed by atoms with Gasteiger partial charge < -0.3 is 24.4 Å². The fraction of sp³-hybridized carbons (Fsp3) is 0.370. The maximum Gasteiger partial charge on any atom is 0.328 e. The van der Waals surface area contributed by atoms with Crippen molar-refractivity contribution in [3.8, 4) is 5.75 Å². The van der Waals surface area contributed by atoms with Gasteiger partial charge in [0.15, 0.2) is 4.80 Å². The number of aryl methyl sites for hydroxylation is 1. The number of piperidine rings is 1. The first-order chi connectivity index (χ1) is 17.4. The third-order valence-corrected chi connectivity index (χ3v) is 6.94. The van der Waals surface area contributed by atoms with Crippen LogP contribution in [0, 0.1) is 0 Å². The van der Waals surface area contributed by atoms with E-state index in [9.17, 15) is 9.59 Å². The van der Waals surface area contributed by atoms with Crippen molar-refractivity contribution in [2.45, 2.75) is 31.7 Å². The SMILES string of the molecule is Cn1c(=NC2CCN(CCCCOc3ccccc3)CC2)sc2ccccc21.O=C(O)/C=C\C(=O)O. The van der Waals surface area contributed by atoms with Crippen LogP contribution in [-0.2, 0) is 16.6 Å². The summed E-state index contributed by atoms with van der Waals surface area (Å²) in [4.78, 5) is 27.9. The van der Waals surface area contributed by atoms with E-state index in [0.29, 0.717) is 18.2 Å². The Morgan fingerprint density at radius 3 is 2.28 bits per heavy atom. The molecule has 0 aliphatic carbocycles. The van der Waals surface area contributed by atoms with Crippen LogP contribution in [0.2, 0.25) is 0 Å². The lowest BCUT2D eigenvalue weighted by Gasteiger charge is -2.29. The summed E-state index contributed by atoms with van der Waals surface area (Å²) >= 11 is 1.80. The van der Waals surface area contributed by atoms with Crippen molar-refractivity contribution in [3.63, 3.8) is 0 Å². The third-order valence-electron chi connectivity index (χ3n) is 5.81. The predicted molar refractivity (Wildman–Crippen MR) is 141 cm³/mol. The fourth-order valence-electron chi connectivity index (χ4n) is 3.92. The van der Waals surface area contributed by atoms with Gasteiger partial charge >= 0.3 is 11.9 Å². The summed E-state index contributed by atoms with van der Waals surface area (Å²) in [5.74, 6) is -1.54. The minimum Gasteiger partial charge on any atom is -0.494 e. The Morgan fingerprint density at radius 1 is 1.00 bits per heavy atom. The largest absolute Gasteiger partial charge is 0.494 e. The zero-order valence-electron chi connectivity index (χ0n) is 20.5. The molecule has 0 unspecified atom stereocenters. The number of nitrogens with zero attached hydrogens (tertiary/aromatic N) is 3. The van der Waals surface area contributed by atoms with E-state index in [0.717, 1.165) is 49.5 Å². The van der Waals surface area contributed by atoms with Crippen LogP contribution in [0.25, 0.3) is 10.2 Å². The molecule has 2 N–H and O–H groups in total. The van der Waals surface area contributed by atoms with Crippen molar-refractivity contribution >= 4 is 33.5 Å². The number of unbranched alkanes of at least 4 members (excludes halogenated alkanes) is 1. The maximum atomic E-state index is 9.55. The maximum absolute atomic E-state index is 9.55. The van der Waals surface area contributed by atoms with E-state index in [1.807, 2.05) is 30.3 Å². The minimum atomic E-state index is -1.26. The van der Waals surface area contributed by atoms with Crippen LogP contribution in [-0.4, -0.2) is 63.9 Å². The molecule has 0 radical (unpaired) electrons. The molecule has 1 saturated heterocycles. The van der Waals surface area contributed by atoms with Gasteiger partial charge in [0, 0.05) is 32.3 Å². The highest BCUT2D eigenvalue weighted by atomic mass is 32.1. The van der Waals surface area contributed by atoms with Gasteiger partial charge in [-0.25, -0.2) is 9.59 Å². The van der Waals surface area contributed by atoms with Crippen molar-refractivity contribution in [2.24, 2.45) is 12.0 Å². The van der Waals surface area contributed by atoms with Crippen LogP contribution < -0.4 is 9.54 Å². The van der Waals surface area contributed by atoms with E-state index < -0.39 is 11.9 Å². The molecule has 2 heterocycles. The van der Waals surface area contributed by atoms with Crippen LogP contribution in [0.4, 0.5) is 0 Å². The Morgan fingerprint density at radius 2 is 1.64 bits per heavy atom. The van der Waals surface area contributed by atoms with E-state index in [4.69, 9.17) is 19.9 Å². The number of carboxylic acids is 2. The van der Waals surface area contributed by atoms with Crippen LogP contribution in [0.15, 0.2) is 71.7 Å². The monoisotopic (exact) mass is 511 g/mol. The average molecular weight is 512 g/mol. The van der Waals surface area contributed by atoms with Gasteiger partial charge in [-0.3, -0.25) is 4.99 Å². The molecule has 1 aliphatic rings. The Bertz CT molecular complexity index is 1190. The van der Waals surface area contributed by atoms with Crippen molar-refractivity contribution < 1.29 is 24.5 Å². The molecular formula is C27H33N3O5S. The van der Waals surface area contributed by atoms with E-state index in [1.165, 1.54) is 23.2 Å². The third kappa shape index (κ3) is 8.98. The lowest BCUT2D eigenvalue weighted by atomic mass is 10.1. The first kappa shape index (κ1) is 27.2. The topological polar surface area (TPSA) is 104 Å². The Kier molecular flexibility index (Phi) is 10.7. The number of carbonyl (C=O) groups is 2. The number of likely N-dealkylation sites (tertiary alicyclic amines) is 1. The minimum absolute atomic E-state index is 0.455. The molecule has 9 heteroatoms. The number of para-hydroxylation sites is 2. The zero-order valence-corrected chi connectivity index (χ0v) is 21.3. The van der Waals surface area contributed by atoms with Crippen molar-refractivity contribution in [2.75, 3.05) is 26.2 Å². The standard InChI is InChI=1S/C23H29N3OS.C4H4O4/c1-25-21-11-5-6-12-22(21)28-23(25)24-19-13-16-26(17-14-19)15-7-8-18-27-20-9-3-2-4-10-20;5-3(6)1-2-4(7)8/h2-6,9-12,19H,7-8,13-18H2,1H3;1-2H,(H,5,6)(H,7,8)/b;2-1-. The molecule has 192 valence electrons. The van der Waals surface area contributed by atoms with Crippen LogP contribution in [0.5, 0.6) is 5.75 Å². The Balaban J connectivity index is 0.000000392. The molecule has 4 rings (SSSR count). The van der Waals surface area contributed by atoms with Gasteiger partial charge in [-0.2, -0.15) is 0 Å². The molecule has 8 nitrogen and oxygen atoms in total. The average Bonchev–Trinajstić information content (AvgIpc) is 3.19. The summed E-state index contributed by atoms with van der Waals surface area (Å²) in [5, 5.41) is 15.6. The summed E-state index contributed by atoms with van der Waals surface area (Å²) in [6.45, 7) is 4.28. The number of thiazole rings is 1. The summed E-state index contributed by atoms with van der Waals surface area (Å²) < 4.78 is 9.33. The number of hydrogen-bond donors (Lipinski definition) is 2. The number of rotatable bonds is 9. The quantitative estimate of drug-likeness (QED) is 0.330. The Labute approximate surface area is 214 Å². The van der Waals surface area contributed by atoms with Crippen LogP contribution >= 0.6 is 11.3 Å². The molecule has 1 aliphatic heterocycles. The number of aliphatic carboxylic acids is 2. The highest BCUT2D eigenvalue weighted by Crippen LogP contribution is 2.18. The molecule has 0 atom stereocenters. The summed E-state index contributed by atoms with van der Waals surface area (Å²) in [6.07, 6.45) is 5.74. The van der Waals surface area contributed by atoms with Crippen molar-refractivity contribution in [1.29, 1.82) is 0 Å². The molecular weight excluding hydrogens is 478 g/mol. The predicted octanol–water partition coefficient (Wildman–Crippen LogP) is 4.18. The normalized spacial score (nSPS) is 15.1. The lowest BCUT2D eigenvalue weighted by molar-refractivity contribution is -0.134. The van der Waals surface area contributed by atoms with Crippen molar-refractivity contribution in [3.05, 3.63) is 71.6 Å². The molecule has 1 fully saturated rings. The molecule has 0 spiro atoms. The van der Waals surface area contributed by atoms with E-state index >= 15 is 0 Å². The molecule has 1 aromatic heterocycles. The van der Waals surface area contributed by atoms with Gasteiger partial charge in [0.1, 0.15) is 5.75 Å². The molecule has 36 heavy (non-hydrogen) atoms. The van der Waals surface area contributed by atoms with Gasteiger partial charge in [0.2, 0.25) is 0 Å². The van der Waals surface area contributed by atoms with Gasteiger partial charge in [-0.15, -0.1) is 0 Å².